The third-order valence-corrected chi connectivity index (χ3v) is 3.69. The molecule has 0 spiro atoms. The fourth-order valence-electron chi connectivity index (χ4n) is 2.32. The number of aliphatic hydroxyl groups is 1. The Balaban J connectivity index is 2.18. The molecule has 1 amide bonds. The first-order valence-electron chi connectivity index (χ1n) is 6.47. The largest absolute Gasteiger partial charge is 0.391 e. The zero-order valence-corrected chi connectivity index (χ0v) is 11.1. The van der Waals surface area contributed by atoms with Crippen LogP contribution >= 0.6 is 0 Å². The first kappa shape index (κ1) is 13.1. The van der Waals surface area contributed by atoms with Crippen molar-refractivity contribution in [2.75, 3.05) is 13.1 Å². The van der Waals surface area contributed by atoms with Crippen molar-refractivity contribution in [3.63, 3.8) is 0 Å². The Morgan fingerprint density at radius 1 is 1.61 bits per heavy atom. The fraction of sp³-hybridized carbons (Fsp3) is 0.692. The summed E-state index contributed by atoms with van der Waals surface area (Å²) in [6, 6.07) is 0. The van der Waals surface area contributed by atoms with Crippen molar-refractivity contribution in [1.29, 1.82) is 0 Å². The van der Waals surface area contributed by atoms with Crippen LogP contribution < -0.4 is 0 Å². The summed E-state index contributed by atoms with van der Waals surface area (Å²) in [5.41, 5.74) is 1.27. The van der Waals surface area contributed by atoms with Crippen LogP contribution in [0.2, 0.25) is 0 Å². The van der Waals surface area contributed by atoms with Gasteiger partial charge in [-0.25, -0.2) is 0 Å². The first-order chi connectivity index (χ1) is 8.54. The van der Waals surface area contributed by atoms with Crippen LogP contribution in [-0.4, -0.2) is 40.3 Å². The highest BCUT2D eigenvalue weighted by Gasteiger charge is 2.30. The average Bonchev–Trinajstić information content (AvgIpc) is 2.73. The van der Waals surface area contributed by atoms with E-state index in [1.807, 2.05) is 13.8 Å². The predicted molar refractivity (Wildman–Crippen MR) is 66.3 cm³/mol. The molecule has 0 bridgehead atoms. The van der Waals surface area contributed by atoms with Gasteiger partial charge in [0.05, 0.1) is 11.8 Å². The molecule has 1 aromatic rings. The molecule has 18 heavy (non-hydrogen) atoms. The van der Waals surface area contributed by atoms with Crippen molar-refractivity contribution in [3.8, 4) is 0 Å². The summed E-state index contributed by atoms with van der Waals surface area (Å²) in [7, 11) is 0. The quantitative estimate of drug-likeness (QED) is 0.863. The zero-order chi connectivity index (χ0) is 13.3. The number of likely N-dealkylation sites (tertiary alicyclic amines) is 1. The Labute approximate surface area is 107 Å². The molecule has 0 radical (unpaired) electrons. The predicted octanol–water partition coefficient (Wildman–Crippen LogP) is 1.39. The lowest BCUT2D eigenvalue weighted by Gasteiger charge is -2.34. The van der Waals surface area contributed by atoms with Crippen LogP contribution in [0.25, 0.3) is 0 Å². The molecule has 2 rings (SSSR count). The van der Waals surface area contributed by atoms with Gasteiger partial charge in [-0.05, 0) is 25.7 Å². The van der Waals surface area contributed by atoms with Crippen LogP contribution in [0.4, 0.5) is 0 Å². The number of piperidine rings is 1. The lowest BCUT2D eigenvalue weighted by atomic mass is 9.95. The van der Waals surface area contributed by atoms with E-state index in [-0.39, 0.29) is 11.8 Å². The number of carbonyl (C=O) groups is 1. The van der Waals surface area contributed by atoms with Crippen molar-refractivity contribution in [2.45, 2.75) is 39.7 Å². The summed E-state index contributed by atoms with van der Waals surface area (Å²) in [5, 5.41) is 13.8. The van der Waals surface area contributed by atoms with Crippen LogP contribution in [0.5, 0.6) is 0 Å². The van der Waals surface area contributed by atoms with Gasteiger partial charge in [0.25, 0.3) is 5.91 Å². The molecule has 1 aromatic heterocycles. The van der Waals surface area contributed by atoms with Gasteiger partial charge in [0.15, 0.2) is 0 Å². The SMILES string of the molecule is CCc1noc(C)c1C(=O)N1CCC(C)C(O)C1. The summed E-state index contributed by atoms with van der Waals surface area (Å²) in [5.74, 6) is 0.741. The molecule has 5 heteroatoms. The fourth-order valence-corrected chi connectivity index (χ4v) is 2.32. The van der Waals surface area contributed by atoms with E-state index >= 15 is 0 Å². The van der Waals surface area contributed by atoms with Gasteiger partial charge in [-0.1, -0.05) is 19.0 Å². The molecule has 0 saturated carbocycles. The van der Waals surface area contributed by atoms with Crippen molar-refractivity contribution in [2.24, 2.45) is 5.92 Å². The number of aliphatic hydroxyl groups excluding tert-OH is 1. The highest BCUT2D eigenvalue weighted by atomic mass is 16.5. The molecule has 1 N–H and O–H groups in total. The van der Waals surface area contributed by atoms with Gasteiger partial charge in [-0.15, -0.1) is 0 Å². The number of carbonyl (C=O) groups excluding carboxylic acids is 1. The standard InChI is InChI=1S/C13H20N2O3/c1-4-10-12(9(3)18-14-10)13(17)15-6-5-8(2)11(16)7-15/h8,11,16H,4-7H2,1-3H3. The van der Waals surface area contributed by atoms with Crippen LogP contribution in [0.1, 0.15) is 42.1 Å². The molecular weight excluding hydrogens is 232 g/mol. The van der Waals surface area contributed by atoms with Crippen LogP contribution in [0.15, 0.2) is 4.52 Å². The van der Waals surface area contributed by atoms with E-state index in [2.05, 4.69) is 5.16 Å². The molecule has 0 aliphatic carbocycles. The zero-order valence-electron chi connectivity index (χ0n) is 11.1. The van der Waals surface area contributed by atoms with E-state index in [1.54, 1.807) is 11.8 Å². The number of hydrogen-bond donors (Lipinski definition) is 1. The maximum Gasteiger partial charge on any atom is 0.259 e. The van der Waals surface area contributed by atoms with Crippen molar-refractivity contribution in [1.82, 2.24) is 10.1 Å². The topological polar surface area (TPSA) is 66.6 Å². The molecule has 1 fully saturated rings. The summed E-state index contributed by atoms with van der Waals surface area (Å²) in [6.07, 6.45) is 1.07. The number of nitrogens with zero attached hydrogens (tertiary/aromatic N) is 2. The van der Waals surface area contributed by atoms with Gasteiger partial charge in [-0.3, -0.25) is 4.79 Å². The molecule has 1 aliphatic heterocycles. The second kappa shape index (κ2) is 5.10. The van der Waals surface area contributed by atoms with Gasteiger partial charge in [0.1, 0.15) is 11.3 Å². The van der Waals surface area contributed by atoms with Crippen molar-refractivity contribution in [3.05, 3.63) is 17.0 Å². The normalized spacial score (nSPS) is 24.3. The van der Waals surface area contributed by atoms with Gasteiger partial charge in [-0.2, -0.15) is 0 Å². The molecule has 1 saturated heterocycles. The maximum absolute atomic E-state index is 12.4. The van der Waals surface area contributed by atoms with E-state index in [4.69, 9.17) is 4.52 Å². The Bertz CT molecular complexity index is 441. The van der Waals surface area contributed by atoms with E-state index in [0.29, 0.717) is 36.5 Å². The van der Waals surface area contributed by atoms with Gasteiger partial charge >= 0.3 is 0 Å². The molecule has 2 atom stereocenters. The second-order valence-electron chi connectivity index (χ2n) is 5.00. The first-order valence-corrected chi connectivity index (χ1v) is 6.47. The Kier molecular flexibility index (Phi) is 3.71. The van der Waals surface area contributed by atoms with Gasteiger partial charge < -0.3 is 14.5 Å². The molecule has 2 unspecified atom stereocenters. The average molecular weight is 252 g/mol. The number of β-amino-alcohol motifs (C(OH)–C–C–N with tert-alkyl or cyclic N) is 1. The van der Waals surface area contributed by atoms with Gasteiger partial charge in [0, 0.05) is 13.1 Å². The third-order valence-electron chi connectivity index (χ3n) is 3.69. The summed E-state index contributed by atoms with van der Waals surface area (Å²) < 4.78 is 5.09. The molecule has 5 nitrogen and oxygen atoms in total. The van der Waals surface area contributed by atoms with Crippen molar-refractivity contribution >= 4 is 5.91 Å². The number of aromatic nitrogens is 1. The van der Waals surface area contributed by atoms with E-state index in [0.717, 1.165) is 6.42 Å². The van der Waals surface area contributed by atoms with E-state index in [1.165, 1.54) is 0 Å². The van der Waals surface area contributed by atoms with Crippen LogP contribution in [0, 0.1) is 12.8 Å². The highest BCUT2D eigenvalue weighted by molar-refractivity contribution is 5.96. The maximum atomic E-state index is 12.4. The molecule has 0 aromatic carbocycles. The lowest BCUT2D eigenvalue weighted by molar-refractivity contribution is 0.0247. The minimum Gasteiger partial charge on any atom is -0.391 e. The van der Waals surface area contributed by atoms with E-state index in [9.17, 15) is 9.90 Å². The number of amides is 1. The molecule has 1 aliphatic rings. The molecule has 100 valence electrons. The summed E-state index contributed by atoms with van der Waals surface area (Å²) in [6.45, 7) is 6.79. The second-order valence-corrected chi connectivity index (χ2v) is 5.00. The summed E-state index contributed by atoms with van der Waals surface area (Å²) in [4.78, 5) is 14.1. The Hall–Kier alpha value is -1.36. The smallest absolute Gasteiger partial charge is 0.259 e. The summed E-state index contributed by atoms with van der Waals surface area (Å²) >= 11 is 0. The third kappa shape index (κ3) is 2.27. The minimum absolute atomic E-state index is 0.0726. The molecular formula is C13H20N2O3. The number of hydrogen-bond acceptors (Lipinski definition) is 4. The number of rotatable bonds is 2. The Morgan fingerprint density at radius 2 is 2.33 bits per heavy atom. The highest BCUT2D eigenvalue weighted by Crippen LogP contribution is 2.22. The van der Waals surface area contributed by atoms with Gasteiger partial charge in [0.2, 0.25) is 0 Å². The van der Waals surface area contributed by atoms with E-state index < -0.39 is 6.10 Å². The Morgan fingerprint density at radius 3 is 2.94 bits per heavy atom. The monoisotopic (exact) mass is 252 g/mol. The minimum atomic E-state index is -0.437. The van der Waals surface area contributed by atoms with Crippen LogP contribution in [-0.2, 0) is 6.42 Å². The number of aryl methyl sites for hydroxylation is 2. The lowest BCUT2D eigenvalue weighted by Crippen LogP contribution is -2.46. The molecule has 2 heterocycles. The van der Waals surface area contributed by atoms with Crippen molar-refractivity contribution < 1.29 is 14.4 Å². The van der Waals surface area contributed by atoms with Crippen LogP contribution in [0.3, 0.4) is 0 Å².